The van der Waals surface area contributed by atoms with Crippen molar-refractivity contribution in [2.24, 2.45) is 0 Å². The highest BCUT2D eigenvalue weighted by atomic mass is 16.2. The van der Waals surface area contributed by atoms with Gasteiger partial charge in [-0.2, -0.15) is 0 Å². The fourth-order valence-corrected chi connectivity index (χ4v) is 4.35. The van der Waals surface area contributed by atoms with Crippen LogP contribution < -0.4 is 0 Å². The normalized spacial score (nSPS) is 18.3. The van der Waals surface area contributed by atoms with Gasteiger partial charge in [-0.05, 0) is 49.1 Å². The highest BCUT2D eigenvalue weighted by molar-refractivity contribution is 5.94. The predicted octanol–water partition coefficient (Wildman–Crippen LogP) is 3.41. The molecule has 0 aliphatic carbocycles. The van der Waals surface area contributed by atoms with Crippen LogP contribution in [-0.2, 0) is 19.5 Å². The van der Waals surface area contributed by atoms with E-state index < -0.39 is 0 Å². The van der Waals surface area contributed by atoms with Crippen molar-refractivity contribution in [3.63, 3.8) is 0 Å². The van der Waals surface area contributed by atoms with Crippen LogP contribution >= 0.6 is 0 Å². The lowest BCUT2D eigenvalue weighted by Crippen LogP contribution is -2.50. The van der Waals surface area contributed by atoms with Gasteiger partial charge in [0.2, 0.25) is 0 Å². The Balaban J connectivity index is 1.39. The Bertz CT molecular complexity index is 810. The van der Waals surface area contributed by atoms with Gasteiger partial charge in [0, 0.05) is 57.4 Å². The maximum Gasteiger partial charge on any atom is 0.253 e. The summed E-state index contributed by atoms with van der Waals surface area (Å²) in [6, 6.07) is 17.6. The van der Waals surface area contributed by atoms with Gasteiger partial charge in [-0.25, -0.2) is 0 Å². The van der Waals surface area contributed by atoms with Crippen molar-refractivity contribution in [1.29, 1.82) is 0 Å². The third kappa shape index (κ3) is 4.29. The summed E-state index contributed by atoms with van der Waals surface area (Å²) in [5.41, 5.74) is 4.92. The topological polar surface area (TPSA) is 26.8 Å². The maximum absolute atomic E-state index is 13.0. The summed E-state index contributed by atoms with van der Waals surface area (Å²) in [6.07, 6.45) is 1.02. The number of carbonyl (C=O) groups excluding carboxylic acids is 1. The molecular formula is C24H31N3O. The monoisotopic (exact) mass is 377 g/mol. The van der Waals surface area contributed by atoms with Crippen LogP contribution in [0.1, 0.15) is 40.9 Å². The molecule has 0 spiro atoms. The Morgan fingerprint density at radius 2 is 1.68 bits per heavy atom. The average molecular weight is 378 g/mol. The summed E-state index contributed by atoms with van der Waals surface area (Å²) >= 11 is 0. The van der Waals surface area contributed by atoms with Gasteiger partial charge in [0.05, 0.1) is 0 Å². The molecule has 4 heteroatoms. The molecule has 148 valence electrons. The number of amides is 1. The largest absolute Gasteiger partial charge is 0.336 e. The minimum atomic E-state index is 0.193. The molecule has 0 aromatic heterocycles. The molecule has 4 rings (SSSR count). The molecule has 2 aromatic carbocycles. The summed E-state index contributed by atoms with van der Waals surface area (Å²) < 4.78 is 0. The molecule has 4 nitrogen and oxygen atoms in total. The fraction of sp³-hybridized carbons (Fsp3) is 0.458. The van der Waals surface area contributed by atoms with Gasteiger partial charge in [0.25, 0.3) is 5.91 Å². The number of hydrogen-bond donors (Lipinski definition) is 0. The molecule has 0 N–H and O–H groups in total. The van der Waals surface area contributed by atoms with E-state index in [1.54, 1.807) is 0 Å². The summed E-state index contributed by atoms with van der Waals surface area (Å²) in [7, 11) is 0. The van der Waals surface area contributed by atoms with Crippen molar-refractivity contribution in [2.45, 2.75) is 39.4 Å². The van der Waals surface area contributed by atoms with Crippen LogP contribution in [0.25, 0.3) is 0 Å². The van der Waals surface area contributed by atoms with E-state index in [2.05, 4.69) is 66.1 Å². The zero-order valence-electron chi connectivity index (χ0n) is 17.1. The molecule has 1 saturated heterocycles. The second-order valence-corrected chi connectivity index (χ2v) is 8.35. The molecular weight excluding hydrogens is 346 g/mol. The van der Waals surface area contributed by atoms with Gasteiger partial charge in [0.15, 0.2) is 0 Å². The van der Waals surface area contributed by atoms with Crippen molar-refractivity contribution in [2.75, 3.05) is 32.7 Å². The number of rotatable bonds is 4. The minimum Gasteiger partial charge on any atom is -0.336 e. The quantitative estimate of drug-likeness (QED) is 0.817. The summed E-state index contributed by atoms with van der Waals surface area (Å²) in [5.74, 6) is 0.193. The van der Waals surface area contributed by atoms with Crippen molar-refractivity contribution >= 4 is 5.91 Å². The van der Waals surface area contributed by atoms with E-state index in [-0.39, 0.29) is 5.91 Å². The molecule has 0 radical (unpaired) electrons. The third-order valence-electron chi connectivity index (χ3n) is 6.13. The molecule has 0 atom stereocenters. The van der Waals surface area contributed by atoms with Crippen LogP contribution in [0.3, 0.4) is 0 Å². The van der Waals surface area contributed by atoms with Crippen LogP contribution in [0, 0.1) is 0 Å². The molecule has 0 unspecified atom stereocenters. The van der Waals surface area contributed by atoms with Gasteiger partial charge in [-0.3, -0.25) is 14.6 Å². The molecule has 1 fully saturated rings. The van der Waals surface area contributed by atoms with Crippen molar-refractivity contribution in [3.8, 4) is 0 Å². The Labute approximate surface area is 168 Å². The van der Waals surface area contributed by atoms with Gasteiger partial charge in [-0.15, -0.1) is 0 Å². The van der Waals surface area contributed by atoms with E-state index in [4.69, 9.17) is 0 Å². The Morgan fingerprint density at radius 1 is 0.929 bits per heavy atom. The smallest absolute Gasteiger partial charge is 0.253 e. The second kappa shape index (κ2) is 8.46. The van der Waals surface area contributed by atoms with E-state index in [1.807, 2.05) is 11.0 Å². The highest BCUT2D eigenvalue weighted by Crippen LogP contribution is 2.23. The third-order valence-corrected chi connectivity index (χ3v) is 6.13. The number of piperazine rings is 1. The van der Waals surface area contributed by atoms with Gasteiger partial charge in [-0.1, -0.05) is 36.4 Å². The fourth-order valence-electron chi connectivity index (χ4n) is 4.35. The first kappa shape index (κ1) is 19.2. The molecule has 0 saturated carbocycles. The van der Waals surface area contributed by atoms with Crippen LogP contribution in [0.4, 0.5) is 0 Å². The van der Waals surface area contributed by atoms with Crippen LogP contribution in [0.5, 0.6) is 0 Å². The summed E-state index contributed by atoms with van der Waals surface area (Å²) in [5, 5.41) is 0. The van der Waals surface area contributed by atoms with E-state index in [0.717, 1.165) is 57.8 Å². The van der Waals surface area contributed by atoms with Crippen molar-refractivity contribution < 1.29 is 4.79 Å². The zero-order chi connectivity index (χ0) is 19.5. The first-order chi connectivity index (χ1) is 13.6. The first-order valence-corrected chi connectivity index (χ1v) is 10.5. The van der Waals surface area contributed by atoms with E-state index in [0.29, 0.717) is 6.04 Å². The van der Waals surface area contributed by atoms with E-state index in [1.165, 1.54) is 16.7 Å². The van der Waals surface area contributed by atoms with Crippen molar-refractivity contribution in [1.82, 2.24) is 14.7 Å². The van der Waals surface area contributed by atoms with Crippen LogP contribution in [0.15, 0.2) is 48.5 Å². The number of nitrogens with zero attached hydrogens (tertiary/aromatic N) is 3. The van der Waals surface area contributed by atoms with E-state index >= 15 is 0 Å². The minimum absolute atomic E-state index is 0.193. The molecule has 28 heavy (non-hydrogen) atoms. The van der Waals surface area contributed by atoms with Crippen LogP contribution in [0.2, 0.25) is 0 Å². The molecule has 2 heterocycles. The van der Waals surface area contributed by atoms with Crippen molar-refractivity contribution in [3.05, 3.63) is 70.8 Å². The summed E-state index contributed by atoms with van der Waals surface area (Å²) in [6.45, 7) is 11.1. The SMILES string of the molecule is CC(C)N1CCN(C(=O)c2ccc3c(c2)CCN(Cc2ccccc2)C3)CC1. The maximum atomic E-state index is 13.0. The van der Waals surface area contributed by atoms with Gasteiger partial charge in [0.1, 0.15) is 0 Å². The van der Waals surface area contributed by atoms with Crippen LogP contribution in [-0.4, -0.2) is 59.4 Å². The number of carbonyl (C=O) groups is 1. The predicted molar refractivity (Wildman–Crippen MR) is 113 cm³/mol. The first-order valence-electron chi connectivity index (χ1n) is 10.5. The number of hydrogen-bond acceptors (Lipinski definition) is 3. The lowest BCUT2D eigenvalue weighted by Gasteiger charge is -2.37. The zero-order valence-corrected chi connectivity index (χ0v) is 17.1. The Kier molecular flexibility index (Phi) is 5.79. The average Bonchev–Trinajstić information content (AvgIpc) is 2.73. The molecule has 0 bridgehead atoms. The van der Waals surface area contributed by atoms with Gasteiger partial charge >= 0.3 is 0 Å². The number of benzene rings is 2. The second-order valence-electron chi connectivity index (χ2n) is 8.35. The highest BCUT2D eigenvalue weighted by Gasteiger charge is 2.24. The van der Waals surface area contributed by atoms with Gasteiger partial charge < -0.3 is 4.90 Å². The number of fused-ring (bicyclic) bond motifs is 1. The standard InChI is InChI=1S/C24H31N3O/c1-19(2)26-12-14-27(15-13-26)24(28)22-8-9-23-18-25(11-10-21(23)16-22)17-20-6-4-3-5-7-20/h3-9,16,19H,10-15,17-18H2,1-2H3. The van der Waals surface area contributed by atoms with E-state index in [9.17, 15) is 4.79 Å². The lowest BCUT2D eigenvalue weighted by molar-refractivity contribution is 0.0595. The molecule has 2 aliphatic heterocycles. The lowest BCUT2D eigenvalue weighted by atomic mass is 9.96. The Hall–Kier alpha value is -2.17. The summed E-state index contributed by atoms with van der Waals surface area (Å²) in [4.78, 5) is 19.9. The molecule has 1 amide bonds. The molecule has 2 aliphatic rings. The Morgan fingerprint density at radius 3 is 2.39 bits per heavy atom. The molecule has 2 aromatic rings.